The van der Waals surface area contributed by atoms with E-state index in [1.165, 1.54) is 0 Å². The highest BCUT2D eigenvalue weighted by molar-refractivity contribution is 6.04. The van der Waals surface area contributed by atoms with Crippen LogP contribution in [0.25, 0.3) is 22.3 Å². The van der Waals surface area contributed by atoms with Crippen LogP contribution in [-0.4, -0.2) is 63.9 Å². The summed E-state index contributed by atoms with van der Waals surface area (Å²) in [6, 6.07) is 7.47. The van der Waals surface area contributed by atoms with E-state index in [2.05, 4.69) is 5.10 Å². The number of hydrogen-bond donors (Lipinski definition) is 0. The second-order valence-corrected chi connectivity index (χ2v) is 9.34. The molecule has 0 N–H and O–H groups in total. The average molecular weight is 479 g/mol. The summed E-state index contributed by atoms with van der Waals surface area (Å²) in [5.41, 5.74) is 2.27. The van der Waals surface area contributed by atoms with E-state index >= 15 is 0 Å². The minimum Gasteiger partial charge on any atom is -0.486 e. The van der Waals surface area contributed by atoms with Gasteiger partial charge in [0.2, 0.25) is 0 Å². The Hall–Kier alpha value is -3.62. The highest BCUT2D eigenvalue weighted by Crippen LogP contribution is 2.35. The van der Waals surface area contributed by atoms with Crippen LogP contribution in [0.3, 0.4) is 0 Å². The lowest BCUT2D eigenvalue weighted by atomic mass is 10.0. The van der Waals surface area contributed by atoms with Gasteiger partial charge in [-0.3, -0.25) is 4.79 Å². The van der Waals surface area contributed by atoms with Crippen molar-refractivity contribution in [1.29, 1.82) is 0 Å². The van der Waals surface area contributed by atoms with E-state index in [0.717, 1.165) is 24.8 Å². The van der Waals surface area contributed by atoms with E-state index < -0.39 is 5.97 Å². The molecular formula is C26H30N4O5. The van der Waals surface area contributed by atoms with Gasteiger partial charge < -0.3 is 19.1 Å². The lowest BCUT2D eigenvalue weighted by molar-refractivity contribution is -0.137. The van der Waals surface area contributed by atoms with Crippen LogP contribution in [0.2, 0.25) is 0 Å². The summed E-state index contributed by atoms with van der Waals surface area (Å²) in [7, 11) is 0. The summed E-state index contributed by atoms with van der Waals surface area (Å²) >= 11 is 0. The van der Waals surface area contributed by atoms with Gasteiger partial charge in [-0.2, -0.15) is 5.10 Å². The predicted molar refractivity (Wildman–Crippen MR) is 130 cm³/mol. The van der Waals surface area contributed by atoms with Gasteiger partial charge in [0.05, 0.1) is 22.8 Å². The topological polar surface area (TPSA) is 95.8 Å². The van der Waals surface area contributed by atoms with Crippen molar-refractivity contribution in [3.8, 4) is 22.8 Å². The Labute approximate surface area is 204 Å². The minimum absolute atomic E-state index is 0.0431. The van der Waals surface area contributed by atoms with Crippen LogP contribution < -0.4 is 9.47 Å². The van der Waals surface area contributed by atoms with Crippen molar-refractivity contribution in [1.82, 2.24) is 19.7 Å². The fraction of sp³-hybridized carbons (Fsp3) is 0.462. The van der Waals surface area contributed by atoms with Gasteiger partial charge in [-0.25, -0.2) is 14.5 Å². The van der Waals surface area contributed by atoms with Crippen LogP contribution in [0.5, 0.6) is 11.5 Å². The van der Waals surface area contributed by atoms with Crippen molar-refractivity contribution in [2.75, 3.05) is 26.4 Å². The van der Waals surface area contributed by atoms with Crippen molar-refractivity contribution in [2.24, 2.45) is 0 Å². The van der Waals surface area contributed by atoms with Crippen molar-refractivity contribution in [3.63, 3.8) is 0 Å². The lowest BCUT2D eigenvalue weighted by Crippen LogP contribution is -2.44. The van der Waals surface area contributed by atoms with Crippen LogP contribution in [0.4, 0.5) is 0 Å². The molecule has 1 aromatic carbocycles. The average Bonchev–Trinajstić information content (AvgIpc) is 3.31. The van der Waals surface area contributed by atoms with Gasteiger partial charge in [0, 0.05) is 24.2 Å². The zero-order chi connectivity index (χ0) is 24.5. The number of amides is 1. The van der Waals surface area contributed by atoms with Crippen LogP contribution in [0.1, 0.15) is 56.4 Å². The standard InChI is InChI=1S/C26H30N4O5/c1-16(2)30-25-20(14-27-30)19(26(32)35-15-24(31)29-9-5-4-6-17(29)3)13-21(28-25)18-7-8-22-23(12-18)34-11-10-33-22/h7-8,12-14,16-17H,4-6,9-11,15H2,1-3H3. The molecule has 0 radical (unpaired) electrons. The summed E-state index contributed by atoms with van der Waals surface area (Å²) < 4.78 is 18.6. The molecule has 2 aliphatic heterocycles. The van der Waals surface area contributed by atoms with Crippen molar-refractivity contribution in [2.45, 2.75) is 52.1 Å². The molecule has 1 atom stereocenters. The molecule has 2 aromatic heterocycles. The van der Waals surface area contributed by atoms with Gasteiger partial charge in [-0.05, 0) is 64.3 Å². The van der Waals surface area contributed by atoms with Crippen molar-refractivity contribution >= 4 is 22.9 Å². The first-order chi connectivity index (χ1) is 16.9. The Balaban J connectivity index is 1.47. The molecule has 0 bridgehead atoms. The molecule has 2 aliphatic rings. The molecule has 9 heteroatoms. The number of carbonyl (C=O) groups is 2. The van der Waals surface area contributed by atoms with Gasteiger partial charge in [-0.1, -0.05) is 0 Å². The summed E-state index contributed by atoms with van der Waals surface area (Å²) in [5.74, 6) is 0.579. The molecule has 184 valence electrons. The van der Waals surface area contributed by atoms with Gasteiger partial charge in [0.1, 0.15) is 13.2 Å². The molecule has 0 aliphatic carbocycles. The zero-order valence-electron chi connectivity index (χ0n) is 20.3. The molecule has 3 aromatic rings. The maximum absolute atomic E-state index is 13.2. The summed E-state index contributed by atoms with van der Waals surface area (Å²) in [6.45, 7) is 7.43. The Morgan fingerprint density at radius 2 is 1.94 bits per heavy atom. The fourth-order valence-corrected chi connectivity index (χ4v) is 4.67. The Bertz CT molecular complexity index is 1270. The maximum Gasteiger partial charge on any atom is 0.339 e. The van der Waals surface area contributed by atoms with E-state index in [4.69, 9.17) is 19.2 Å². The van der Waals surface area contributed by atoms with Gasteiger partial charge in [-0.15, -0.1) is 0 Å². The monoisotopic (exact) mass is 478 g/mol. The molecular weight excluding hydrogens is 448 g/mol. The Morgan fingerprint density at radius 3 is 2.71 bits per heavy atom. The first-order valence-electron chi connectivity index (χ1n) is 12.2. The van der Waals surface area contributed by atoms with Crippen molar-refractivity contribution < 1.29 is 23.8 Å². The second-order valence-electron chi connectivity index (χ2n) is 9.34. The summed E-state index contributed by atoms with van der Waals surface area (Å²) in [4.78, 5) is 32.6. The molecule has 5 rings (SSSR count). The lowest BCUT2D eigenvalue weighted by Gasteiger charge is -2.33. The molecule has 1 amide bonds. The third-order valence-electron chi connectivity index (χ3n) is 6.56. The molecule has 9 nitrogen and oxygen atoms in total. The SMILES string of the molecule is CC1CCCCN1C(=O)COC(=O)c1cc(-c2ccc3c(c2)OCCO3)nc2c1cnn2C(C)C. The normalized spacial score (nSPS) is 17.6. The van der Waals surface area contributed by atoms with Crippen LogP contribution >= 0.6 is 0 Å². The Kier molecular flexibility index (Phi) is 6.32. The number of fused-ring (bicyclic) bond motifs is 2. The number of pyridine rings is 1. The number of rotatable bonds is 5. The largest absolute Gasteiger partial charge is 0.486 e. The number of benzene rings is 1. The zero-order valence-corrected chi connectivity index (χ0v) is 20.3. The third kappa shape index (κ3) is 4.54. The van der Waals surface area contributed by atoms with E-state index in [9.17, 15) is 9.59 Å². The molecule has 35 heavy (non-hydrogen) atoms. The van der Waals surface area contributed by atoms with Crippen molar-refractivity contribution in [3.05, 3.63) is 36.0 Å². The van der Waals surface area contributed by atoms with E-state index in [1.54, 1.807) is 21.8 Å². The smallest absolute Gasteiger partial charge is 0.339 e. The van der Waals surface area contributed by atoms with E-state index in [1.807, 2.05) is 39.0 Å². The fourth-order valence-electron chi connectivity index (χ4n) is 4.67. The van der Waals surface area contributed by atoms with Gasteiger partial charge in [0.15, 0.2) is 23.8 Å². The number of aromatic nitrogens is 3. The third-order valence-corrected chi connectivity index (χ3v) is 6.56. The minimum atomic E-state index is -0.572. The van der Waals surface area contributed by atoms with E-state index in [-0.39, 0.29) is 24.6 Å². The molecule has 1 unspecified atom stereocenters. The summed E-state index contributed by atoms with van der Waals surface area (Å²) in [6.07, 6.45) is 4.68. The number of piperidine rings is 1. The predicted octanol–water partition coefficient (Wildman–Crippen LogP) is 4.01. The molecule has 1 saturated heterocycles. The van der Waals surface area contributed by atoms with Crippen LogP contribution in [-0.2, 0) is 9.53 Å². The molecule has 0 saturated carbocycles. The number of likely N-dealkylation sites (tertiary alicyclic amines) is 1. The summed E-state index contributed by atoms with van der Waals surface area (Å²) in [5, 5.41) is 5.03. The molecule has 4 heterocycles. The Morgan fingerprint density at radius 1 is 1.14 bits per heavy atom. The number of esters is 1. The number of nitrogens with zero attached hydrogens (tertiary/aromatic N) is 4. The number of hydrogen-bond acceptors (Lipinski definition) is 7. The maximum atomic E-state index is 13.2. The second kappa shape index (κ2) is 9.56. The van der Waals surface area contributed by atoms with Gasteiger partial charge in [0.25, 0.3) is 5.91 Å². The van der Waals surface area contributed by atoms with E-state index in [0.29, 0.717) is 53.5 Å². The highest BCUT2D eigenvalue weighted by atomic mass is 16.6. The first kappa shape index (κ1) is 23.1. The highest BCUT2D eigenvalue weighted by Gasteiger charge is 2.26. The number of ether oxygens (including phenoxy) is 3. The molecule has 0 spiro atoms. The molecule has 1 fully saturated rings. The number of carbonyl (C=O) groups excluding carboxylic acids is 2. The van der Waals surface area contributed by atoms with Crippen LogP contribution in [0, 0.1) is 0 Å². The van der Waals surface area contributed by atoms with Gasteiger partial charge >= 0.3 is 5.97 Å². The quantitative estimate of drug-likeness (QED) is 0.511. The van der Waals surface area contributed by atoms with Crippen LogP contribution in [0.15, 0.2) is 30.5 Å². The first-order valence-corrected chi connectivity index (χ1v) is 12.2.